The normalized spacial score (nSPS) is 10.5. The third-order valence-electron chi connectivity index (χ3n) is 2.43. The number of halogens is 2. The number of nitrogens with one attached hydrogen (secondary N) is 1. The van der Waals surface area contributed by atoms with Crippen LogP contribution in [0, 0.1) is 3.57 Å². The standard InChI is InChI=1S/C12H12ClIN4O/c13-9-5-8(14)1-2-10(9)17-12(19)11-6-18(4-3-15)7-16-11/h1-2,5-7H,3-4,15H2,(H,17,19). The highest BCUT2D eigenvalue weighted by Crippen LogP contribution is 2.24. The summed E-state index contributed by atoms with van der Waals surface area (Å²) in [7, 11) is 0. The molecule has 0 fully saturated rings. The van der Waals surface area contributed by atoms with Gasteiger partial charge in [0.1, 0.15) is 5.69 Å². The Bertz CT molecular complexity index is 599. The molecule has 0 aliphatic heterocycles. The van der Waals surface area contributed by atoms with Gasteiger partial charge >= 0.3 is 0 Å². The molecule has 1 aromatic carbocycles. The van der Waals surface area contributed by atoms with E-state index in [9.17, 15) is 4.79 Å². The lowest BCUT2D eigenvalue weighted by Crippen LogP contribution is -2.13. The predicted octanol–water partition coefficient (Wildman–Crippen LogP) is 2.35. The Morgan fingerprint density at radius 3 is 3.00 bits per heavy atom. The summed E-state index contributed by atoms with van der Waals surface area (Å²) in [5.74, 6) is -0.293. The first-order valence-corrected chi connectivity index (χ1v) is 7.04. The first kappa shape index (κ1) is 14.3. The first-order valence-electron chi connectivity index (χ1n) is 5.58. The molecule has 19 heavy (non-hydrogen) atoms. The summed E-state index contributed by atoms with van der Waals surface area (Å²) in [6.07, 6.45) is 3.24. The number of nitrogens with zero attached hydrogens (tertiary/aromatic N) is 2. The molecule has 2 aromatic rings. The maximum absolute atomic E-state index is 12.0. The van der Waals surface area contributed by atoms with Crippen LogP contribution in [0.4, 0.5) is 5.69 Å². The van der Waals surface area contributed by atoms with Crippen LogP contribution in [-0.2, 0) is 6.54 Å². The van der Waals surface area contributed by atoms with Gasteiger partial charge in [0.15, 0.2) is 0 Å². The van der Waals surface area contributed by atoms with Gasteiger partial charge in [-0.3, -0.25) is 4.79 Å². The summed E-state index contributed by atoms with van der Waals surface area (Å²) < 4.78 is 2.78. The molecule has 7 heteroatoms. The summed E-state index contributed by atoms with van der Waals surface area (Å²) in [5, 5.41) is 3.23. The average molecular weight is 391 g/mol. The molecule has 5 nitrogen and oxygen atoms in total. The van der Waals surface area contributed by atoms with Crippen molar-refractivity contribution in [2.24, 2.45) is 5.73 Å². The monoisotopic (exact) mass is 390 g/mol. The van der Waals surface area contributed by atoms with Crippen molar-refractivity contribution >= 4 is 45.8 Å². The van der Waals surface area contributed by atoms with Crippen LogP contribution in [0.25, 0.3) is 0 Å². The van der Waals surface area contributed by atoms with Crippen LogP contribution in [0.15, 0.2) is 30.7 Å². The molecule has 0 spiro atoms. The zero-order valence-electron chi connectivity index (χ0n) is 9.94. The minimum absolute atomic E-state index is 0.293. The van der Waals surface area contributed by atoms with E-state index >= 15 is 0 Å². The van der Waals surface area contributed by atoms with Crippen LogP contribution >= 0.6 is 34.2 Å². The molecular formula is C12H12ClIN4O. The second-order valence-electron chi connectivity index (χ2n) is 3.86. The Morgan fingerprint density at radius 2 is 2.32 bits per heavy atom. The Kier molecular flexibility index (Phi) is 4.78. The van der Waals surface area contributed by atoms with Gasteiger partial charge in [0.25, 0.3) is 5.91 Å². The number of anilines is 1. The molecule has 0 bridgehead atoms. The molecular weight excluding hydrogens is 379 g/mol. The van der Waals surface area contributed by atoms with Gasteiger partial charge in [-0.2, -0.15) is 0 Å². The molecule has 0 saturated carbocycles. The lowest BCUT2D eigenvalue weighted by molar-refractivity contribution is 0.102. The number of hydrogen-bond donors (Lipinski definition) is 2. The third kappa shape index (κ3) is 3.68. The number of hydrogen-bond acceptors (Lipinski definition) is 3. The lowest BCUT2D eigenvalue weighted by Gasteiger charge is -2.05. The number of aromatic nitrogens is 2. The molecule has 0 saturated heterocycles. The molecule has 0 aliphatic carbocycles. The Morgan fingerprint density at radius 1 is 1.53 bits per heavy atom. The number of imidazole rings is 1. The van der Waals surface area contributed by atoms with Crippen molar-refractivity contribution in [1.82, 2.24) is 9.55 Å². The van der Waals surface area contributed by atoms with E-state index in [1.807, 2.05) is 6.07 Å². The van der Waals surface area contributed by atoms with Gasteiger partial charge in [0, 0.05) is 22.9 Å². The first-order chi connectivity index (χ1) is 9.10. The lowest BCUT2D eigenvalue weighted by atomic mass is 10.3. The fraction of sp³-hybridized carbons (Fsp3) is 0.167. The molecule has 0 aliphatic rings. The summed E-state index contributed by atoms with van der Waals surface area (Å²) in [6, 6.07) is 5.42. The summed E-state index contributed by atoms with van der Waals surface area (Å²) in [6.45, 7) is 1.13. The van der Waals surface area contributed by atoms with Crippen molar-refractivity contribution in [2.75, 3.05) is 11.9 Å². The molecule has 100 valence electrons. The topological polar surface area (TPSA) is 72.9 Å². The second kappa shape index (κ2) is 6.36. The number of carbonyl (C=O) groups excluding carboxylic acids is 1. The van der Waals surface area contributed by atoms with Crippen molar-refractivity contribution in [2.45, 2.75) is 6.54 Å². The molecule has 1 heterocycles. The molecule has 0 radical (unpaired) electrons. The minimum atomic E-state index is -0.293. The van der Waals surface area contributed by atoms with Crippen LogP contribution in [0.5, 0.6) is 0 Å². The Balaban J connectivity index is 2.11. The van der Waals surface area contributed by atoms with Crippen LogP contribution < -0.4 is 11.1 Å². The summed E-state index contributed by atoms with van der Waals surface area (Å²) >= 11 is 8.21. The van der Waals surface area contributed by atoms with Gasteiger partial charge in [0.05, 0.1) is 17.0 Å². The zero-order chi connectivity index (χ0) is 13.8. The largest absolute Gasteiger partial charge is 0.335 e. The van der Waals surface area contributed by atoms with Crippen molar-refractivity contribution in [3.63, 3.8) is 0 Å². The summed E-state index contributed by atoms with van der Waals surface area (Å²) in [5.41, 5.74) is 6.34. The molecule has 1 amide bonds. The Hall–Kier alpha value is -1.12. The van der Waals surface area contributed by atoms with Gasteiger partial charge in [-0.25, -0.2) is 4.98 Å². The number of benzene rings is 1. The van der Waals surface area contributed by atoms with Crippen LogP contribution in [0.1, 0.15) is 10.5 Å². The maximum atomic E-state index is 12.0. The fourth-order valence-corrected chi connectivity index (χ4v) is 2.43. The van der Waals surface area contributed by atoms with E-state index < -0.39 is 0 Å². The molecule has 1 aromatic heterocycles. The maximum Gasteiger partial charge on any atom is 0.275 e. The van der Waals surface area contributed by atoms with E-state index in [1.54, 1.807) is 29.2 Å². The van der Waals surface area contributed by atoms with Crippen LogP contribution in [0.2, 0.25) is 5.02 Å². The van der Waals surface area contributed by atoms with E-state index in [0.717, 1.165) is 3.57 Å². The minimum Gasteiger partial charge on any atom is -0.335 e. The number of nitrogens with two attached hydrogens (primary N) is 1. The van der Waals surface area contributed by atoms with Crippen molar-refractivity contribution in [3.05, 3.63) is 45.0 Å². The highest BCUT2D eigenvalue weighted by atomic mass is 127. The highest BCUT2D eigenvalue weighted by molar-refractivity contribution is 14.1. The van der Waals surface area contributed by atoms with Crippen molar-refractivity contribution in [1.29, 1.82) is 0 Å². The van der Waals surface area contributed by atoms with E-state index in [4.69, 9.17) is 17.3 Å². The number of rotatable bonds is 4. The van der Waals surface area contributed by atoms with Crippen molar-refractivity contribution < 1.29 is 4.79 Å². The van der Waals surface area contributed by atoms with E-state index in [1.165, 1.54) is 0 Å². The third-order valence-corrected chi connectivity index (χ3v) is 3.42. The van der Waals surface area contributed by atoms with Gasteiger partial charge < -0.3 is 15.6 Å². The number of carbonyl (C=O) groups is 1. The highest BCUT2D eigenvalue weighted by Gasteiger charge is 2.11. The van der Waals surface area contributed by atoms with Crippen molar-refractivity contribution in [3.8, 4) is 0 Å². The fourth-order valence-electron chi connectivity index (χ4n) is 1.53. The van der Waals surface area contributed by atoms with Crippen LogP contribution in [0.3, 0.4) is 0 Å². The SMILES string of the molecule is NCCn1cnc(C(=O)Nc2ccc(I)cc2Cl)c1. The van der Waals surface area contributed by atoms with Gasteiger partial charge in [0.2, 0.25) is 0 Å². The van der Waals surface area contributed by atoms with Crippen LogP contribution in [-0.4, -0.2) is 22.0 Å². The quantitative estimate of drug-likeness (QED) is 0.787. The molecule has 3 N–H and O–H groups in total. The Labute approximate surface area is 129 Å². The van der Waals surface area contributed by atoms with Gasteiger partial charge in [-0.15, -0.1) is 0 Å². The van der Waals surface area contributed by atoms with E-state index in [0.29, 0.717) is 29.5 Å². The van der Waals surface area contributed by atoms with E-state index in [-0.39, 0.29) is 5.91 Å². The zero-order valence-corrected chi connectivity index (χ0v) is 12.9. The summed E-state index contributed by atoms with van der Waals surface area (Å²) in [4.78, 5) is 16.0. The van der Waals surface area contributed by atoms with Gasteiger partial charge in [-0.05, 0) is 40.8 Å². The predicted molar refractivity (Wildman–Crippen MR) is 83.4 cm³/mol. The van der Waals surface area contributed by atoms with E-state index in [2.05, 4.69) is 32.9 Å². The average Bonchev–Trinajstić information content (AvgIpc) is 2.82. The molecule has 2 rings (SSSR count). The van der Waals surface area contributed by atoms with Gasteiger partial charge in [-0.1, -0.05) is 11.6 Å². The number of amides is 1. The smallest absolute Gasteiger partial charge is 0.275 e. The molecule has 0 atom stereocenters. The molecule has 0 unspecified atom stereocenters. The second-order valence-corrected chi connectivity index (χ2v) is 5.52.